The van der Waals surface area contributed by atoms with Gasteiger partial charge in [-0.15, -0.1) is 0 Å². The number of nitrogens with one attached hydrogen (secondary N) is 1. The molecule has 0 radical (unpaired) electrons. The fourth-order valence-electron chi connectivity index (χ4n) is 1.21. The van der Waals surface area contributed by atoms with Crippen molar-refractivity contribution in [3.8, 4) is 0 Å². The number of nitrogens with zero attached hydrogens (tertiary/aromatic N) is 1. The molecule has 0 aliphatic carbocycles. The van der Waals surface area contributed by atoms with Crippen molar-refractivity contribution in [3.05, 3.63) is 23.8 Å². The van der Waals surface area contributed by atoms with E-state index in [1.54, 1.807) is 13.3 Å². The molecule has 14 heavy (non-hydrogen) atoms. The summed E-state index contributed by atoms with van der Waals surface area (Å²) in [5.74, 6) is 0. The molecule has 1 aromatic rings. The highest BCUT2D eigenvalue weighted by Crippen LogP contribution is 2.20. The molecule has 0 amide bonds. The van der Waals surface area contributed by atoms with Crippen molar-refractivity contribution in [2.45, 2.75) is 11.8 Å². The highest BCUT2D eigenvalue weighted by molar-refractivity contribution is 7.93. The zero-order chi connectivity index (χ0) is 10.8. The first-order valence-corrected chi connectivity index (χ1v) is 6.32. The van der Waals surface area contributed by atoms with Gasteiger partial charge in [-0.05, 0) is 24.6 Å². The standard InChI is InChI=1S/C10H16N2OS/c1-8-5-6-9(7-10(8)11-2)14(4,13)12-3/h5-7,11H,1-4H3. The molecule has 0 spiro atoms. The summed E-state index contributed by atoms with van der Waals surface area (Å²) in [5.41, 5.74) is 2.14. The number of rotatable bonds is 2. The van der Waals surface area contributed by atoms with Crippen LogP contribution in [0.2, 0.25) is 0 Å². The van der Waals surface area contributed by atoms with Crippen molar-refractivity contribution in [3.63, 3.8) is 0 Å². The van der Waals surface area contributed by atoms with E-state index in [4.69, 9.17) is 0 Å². The van der Waals surface area contributed by atoms with Gasteiger partial charge in [0.25, 0.3) is 0 Å². The van der Waals surface area contributed by atoms with Crippen molar-refractivity contribution in [1.29, 1.82) is 0 Å². The number of anilines is 1. The van der Waals surface area contributed by atoms with E-state index in [1.165, 1.54) is 0 Å². The van der Waals surface area contributed by atoms with Crippen molar-refractivity contribution < 1.29 is 4.21 Å². The summed E-state index contributed by atoms with van der Waals surface area (Å²) in [6.07, 6.45) is 1.65. The van der Waals surface area contributed by atoms with Crippen molar-refractivity contribution in [1.82, 2.24) is 0 Å². The molecule has 0 heterocycles. The zero-order valence-electron chi connectivity index (χ0n) is 9.00. The summed E-state index contributed by atoms with van der Waals surface area (Å²) in [7, 11) is 1.23. The van der Waals surface area contributed by atoms with Gasteiger partial charge in [0.15, 0.2) is 0 Å². The maximum absolute atomic E-state index is 11.9. The van der Waals surface area contributed by atoms with Gasteiger partial charge < -0.3 is 5.32 Å². The zero-order valence-corrected chi connectivity index (χ0v) is 9.81. The Hall–Kier alpha value is -1.03. The maximum atomic E-state index is 11.9. The predicted octanol–water partition coefficient (Wildman–Crippen LogP) is 2.12. The van der Waals surface area contributed by atoms with Gasteiger partial charge in [-0.25, -0.2) is 8.57 Å². The minimum absolute atomic E-state index is 0.773. The van der Waals surface area contributed by atoms with E-state index < -0.39 is 9.73 Å². The normalized spacial score (nSPS) is 14.6. The van der Waals surface area contributed by atoms with Crippen LogP contribution in [0.15, 0.2) is 27.5 Å². The molecule has 1 rings (SSSR count). The molecular formula is C10H16N2OS. The van der Waals surface area contributed by atoms with Gasteiger partial charge in [0.05, 0.1) is 9.73 Å². The van der Waals surface area contributed by atoms with Crippen LogP contribution in [-0.4, -0.2) is 24.6 Å². The maximum Gasteiger partial charge on any atom is 0.0721 e. The molecule has 0 aliphatic heterocycles. The Kier molecular flexibility index (Phi) is 3.16. The Morgan fingerprint density at radius 3 is 2.57 bits per heavy atom. The summed E-state index contributed by atoms with van der Waals surface area (Å²) in [5, 5.41) is 3.06. The van der Waals surface area contributed by atoms with E-state index in [0.29, 0.717) is 0 Å². The number of aryl methyl sites for hydroxylation is 1. The number of benzene rings is 1. The Morgan fingerprint density at radius 1 is 1.43 bits per heavy atom. The van der Waals surface area contributed by atoms with Gasteiger partial charge >= 0.3 is 0 Å². The fraction of sp³-hybridized carbons (Fsp3) is 0.400. The van der Waals surface area contributed by atoms with E-state index in [1.807, 2.05) is 32.2 Å². The van der Waals surface area contributed by atoms with Crippen molar-refractivity contribution >= 4 is 15.4 Å². The van der Waals surface area contributed by atoms with E-state index in [9.17, 15) is 4.21 Å². The van der Waals surface area contributed by atoms with Gasteiger partial charge in [-0.1, -0.05) is 6.07 Å². The van der Waals surface area contributed by atoms with Gasteiger partial charge in [-0.3, -0.25) is 0 Å². The molecule has 0 saturated carbocycles. The minimum atomic E-state index is -2.21. The Balaban J connectivity index is 3.34. The van der Waals surface area contributed by atoms with Crippen molar-refractivity contribution in [2.75, 3.05) is 25.7 Å². The summed E-state index contributed by atoms with van der Waals surface area (Å²) >= 11 is 0. The minimum Gasteiger partial charge on any atom is -0.388 e. The average Bonchev–Trinajstić information content (AvgIpc) is 2.18. The smallest absolute Gasteiger partial charge is 0.0721 e. The van der Waals surface area contributed by atoms with Gasteiger partial charge in [0, 0.05) is 30.9 Å². The van der Waals surface area contributed by atoms with E-state index >= 15 is 0 Å². The third-order valence-electron chi connectivity index (χ3n) is 2.26. The molecule has 0 bridgehead atoms. The van der Waals surface area contributed by atoms with Crippen LogP contribution in [0.1, 0.15) is 5.56 Å². The topological polar surface area (TPSA) is 41.5 Å². The molecule has 1 aromatic carbocycles. The first-order valence-electron chi connectivity index (χ1n) is 4.40. The van der Waals surface area contributed by atoms with Crippen LogP contribution < -0.4 is 5.32 Å². The highest BCUT2D eigenvalue weighted by Gasteiger charge is 2.06. The van der Waals surface area contributed by atoms with Gasteiger partial charge in [0.2, 0.25) is 0 Å². The monoisotopic (exact) mass is 212 g/mol. The second kappa shape index (κ2) is 4.00. The first kappa shape index (κ1) is 11.0. The molecule has 0 fully saturated rings. The fourth-order valence-corrected chi connectivity index (χ4v) is 2.08. The lowest BCUT2D eigenvalue weighted by atomic mass is 10.2. The van der Waals surface area contributed by atoms with Crippen LogP contribution in [0.3, 0.4) is 0 Å². The molecule has 0 aliphatic rings. The van der Waals surface area contributed by atoms with Gasteiger partial charge in [0.1, 0.15) is 0 Å². The summed E-state index contributed by atoms with van der Waals surface area (Å²) in [4.78, 5) is 0.773. The summed E-state index contributed by atoms with van der Waals surface area (Å²) < 4.78 is 15.8. The number of hydrogen-bond acceptors (Lipinski definition) is 3. The SMILES string of the molecule is CN=S(C)(=O)c1ccc(C)c(NC)c1. The van der Waals surface area contributed by atoms with Crippen LogP contribution in [0.25, 0.3) is 0 Å². The van der Waals surface area contributed by atoms with Crippen LogP contribution >= 0.6 is 0 Å². The molecule has 1 N–H and O–H groups in total. The molecule has 0 aromatic heterocycles. The lowest BCUT2D eigenvalue weighted by Crippen LogP contribution is -1.99. The highest BCUT2D eigenvalue weighted by atomic mass is 32.2. The van der Waals surface area contributed by atoms with Crippen LogP contribution in [0, 0.1) is 6.92 Å². The molecular weight excluding hydrogens is 196 g/mol. The second-order valence-electron chi connectivity index (χ2n) is 3.21. The Labute approximate surface area is 85.7 Å². The molecule has 1 atom stereocenters. The second-order valence-corrected chi connectivity index (χ2v) is 5.65. The molecule has 4 heteroatoms. The van der Waals surface area contributed by atoms with Gasteiger partial charge in [-0.2, -0.15) is 0 Å². The summed E-state index contributed by atoms with van der Waals surface area (Å²) in [6.45, 7) is 2.01. The summed E-state index contributed by atoms with van der Waals surface area (Å²) in [6, 6.07) is 5.71. The van der Waals surface area contributed by atoms with Crippen LogP contribution in [0.5, 0.6) is 0 Å². The Bertz CT molecular complexity index is 445. The lowest BCUT2D eigenvalue weighted by molar-refractivity contribution is 0.680. The molecule has 78 valence electrons. The molecule has 1 unspecified atom stereocenters. The van der Waals surface area contributed by atoms with E-state index in [-0.39, 0.29) is 0 Å². The van der Waals surface area contributed by atoms with Crippen LogP contribution in [-0.2, 0) is 9.73 Å². The third-order valence-corrected chi connectivity index (χ3v) is 4.09. The predicted molar refractivity (Wildman–Crippen MR) is 61.4 cm³/mol. The van der Waals surface area contributed by atoms with Crippen LogP contribution in [0.4, 0.5) is 5.69 Å². The quantitative estimate of drug-likeness (QED) is 0.816. The largest absolute Gasteiger partial charge is 0.388 e. The average molecular weight is 212 g/mol. The first-order chi connectivity index (χ1) is 6.51. The molecule has 0 saturated heterocycles. The van der Waals surface area contributed by atoms with E-state index in [0.717, 1.165) is 16.1 Å². The third kappa shape index (κ3) is 2.07. The lowest BCUT2D eigenvalue weighted by Gasteiger charge is -2.08. The number of hydrogen-bond donors (Lipinski definition) is 1. The van der Waals surface area contributed by atoms with Crippen molar-refractivity contribution in [2.24, 2.45) is 4.36 Å². The Morgan fingerprint density at radius 2 is 2.07 bits per heavy atom. The molecule has 3 nitrogen and oxygen atoms in total. The van der Waals surface area contributed by atoms with E-state index in [2.05, 4.69) is 9.68 Å².